The summed E-state index contributed by atoms with van der Waals surface area (Å²) in [7, 11) is 0. The fraction of sp³-hybridized carbons (Fsp3) is 0.120. The third kappa shape index (κ3) is 4.31. The fourth-order valence-electron chi connectivity index (χ4n) is 3.65. The molecule has 0 aliphatic carbocycles. The molecule has 0 aromatic heterocycles. The number of aryl methyl sites for hydroxylation is 2. The van der Waals surface area contributed by atoms with Gasteiger partial charge in [0.2, 0.25) is 0 Å². The first-order valence-corrected chi connectivity index (χ1v) is 10.7. The van der Waals surface area contributed by atoms with Crippen LogP contribution in [0.25, 0.3) is 21.5 Å². The maximum atomic E-state index is 12.3. The number of nitrogens with zero attached hydrogens (tertiary/aromatic N) is 1. The minimum absolute atomic E-state index is 0.0874. The Bertz CT molecular complexity index is 1200. The molecule has 5 heteroatoms. The monoisotopic (exact) mass is 508 g/mol. The molecule has 30 heavy (non-hydrogen) atoms. The molecule has 0 unspecified atom stereocenters. The van der Waals surface area contributed by atoms with E-state index >= 15 is 0 Å². The first-order valence-electron chi connectivity index (χ1n) is 9.65. The van der Waals surface area contributed by atoms with E-state index in [0.717, 1.165) is 47.6 Å². The van der Waals surface area contributed by atoms with Crippen molar-refractivity contribution < 1.29 is 9.53 Å². The summed E-state index contributed by atoms with van der Waals surface area (Å²) in [5, 5.41) is 8.67. The molecule has 4 nitrogen and oxygen atoms in total. The molecule has 1 amide bonds. The van der Waals surface area contributed by atoms with Crippen molar-refractivity contribution in [2.75, 3.05) is 6.61 Å². The first-order chi connectivity index (χ1) is 14.5. The lowest BCUT2D eigenvalue weighted by Crippen LogP contribution is -2.25. The van der Waals surface area contributed by atoms with Crippen molar-refractivity contribution in [2.45, 2.75) is 13.8 Å². The number of ether oxygens (including phenoxy) is 1. The number of hydrogen-bond acceptors (Lipinski definition) is 3. The van der Waals surface area contributed by atoms with Crippen molar-refractivity contribution in [3.05, 3.63) is 87.0 Å². The van der Waals surface area contributed by atoms with E-state index in [2.05, 4.69) is 63.4 Å². The lowest BCUT2D eigenvalue weighted by Gasteiger charge is -2.12. The van der Waals surface area contributed by atoms with Gasteiger partial charge in [-0.2, -0.15) is 5.10 Å². The zero-order chi connectivity index (χ0) is 21.1. The SMILES string of the molecule is Cc1cc(I)cc(C)c1OCC(=O)N/N=C\c1c2ccccc2cc2ccccc12. The second-order valence-corrected chi connectivity index (χ2v) is 8.43. The lowest BCUT2D eigenvalue weighted by molar-refractivity contribution is -0.123. The van der Waals surface area contributed by atoms with Crippen LogP contribution < -0.4 is 10.2 Å². The highest BCUT2D eigenvalue weighted by atomic mass is 127. The Labute approximate surface area is 189 Å². The van der Waals surface area contributed by atoms with Crippen LogP contribution in [0.4, 0.5) is 0 Å². The molecule has 0 aliphatic heterocycles. The van der Waals surface area contributed by atoms with Crippen molar-refractivity contribution in [1.29, 1.82) is 0 Å². The first kappa shape index (κ1) is 20.3. The number of hydrazone groups is 1. The summed E-state index contributed by atoms with van der Waals surface area (Å²) in [4.78, 5) is 12.3. The van der Waals surface area contributed by atoms with Crippen molar-refractivity contribution in [2.24, 2.45) is 5.10 Å². The average Bonchev–Trinajstić information content (AvgIpc) is 2.72. The maximum Gasteiger partial charge on any atom is 0.277 e. The number of carbonyl (C=O) groups is 1. The van der Waals surface area contributed by atoms with E-state index in [1.807, 2.05) is 50.2 Å². The molecular weight excluding hydrogens is 487 g/mol. The topological polar surface area (TPSA) is 50.7 Å². The van der Waals surface area contributed by atoms with Crippen LogP contribution >= 0.6 is 22.6 Å². The molecule has 0 saturated carbocycles. The fourth-order valence-corrected chi connectivity index (χ4v) is 4.59. The van der Waals surface area contributed by atoms with E-state index in [4.69, 9.17) is 4.74 Å². The van der Waals surface area contributed by atoms with E-state index < -0.39 is 0 Å². The summed E-state index contributed by atoms with van der Waals surface area (Å²) in [5.41, 5.74) is 5.59. The number of nitrogens with one attached hydrogen (secondary N) is 1. The Hall–Kier alpha value is -2.93. The van der Waals surface area contributed by atoms with Gasteiger partial charge >= 0.3 is 0 Å². The summed E-state index contributed by atoms with van der Waals surface area (Å²) in [6.45, 7) is 3.87. The molecule has 0 fully saturated rings. The predicted octanol–water partition coefficient (Wildman–Crippen LogP) is 5.74. The van der Waals surface area contributed by atoms with Gasteiger partial charge in [-0.25, -0.2) is 5.43 Å². The van der Waals surface area contributed by atoms with Gasteiger partial charge in [-0.15, -0.1) is 0 Å². The molecule has 4 aromatic carbocycles. The quantitative estimate of drug-likeness (QED) is 0.162. The Morgan fingerprint density at radius 3 is 2.13 bits per heavy atom. The molecule has 150 valence electrons. The molecule has 0 bridgehead atoms. The van der Waals surface area contributed by atoms with Crippen LogP contribution in [0.3, 0.4) is 0 Å². The number of halogens is 1. The van der Waals surface area contributed by atoms with Gasteiger partial charge in [0.1, 0.15) is 5.75 Å². The van der Waals surface area contributed by atoms with E-state index in [-0.39, 0.29) is 12.5 Å². The molecule has 0 radical (unpaired) electrons. The number of amides is 1. The Morgan fingerprint density at radius 2 is 1.53 bits per heavy atom. The third-order valence-electron chi connectivity index (χ3n) is 4.97. The third-order valence-corrected chi connectivity index (χ3v) is 5.59. The molecule has 0 aliphatic rings. The van der Waals surface area contributed by atoms with E-state index in [0.29, 0.717) is 0 Å². The highest BCUT2D eigenvalue weighted by Crippen LogP contribution is 2.27. The summed E-state index contributed by atoms with van der Waals surface area (Å²) in [6, 6.07) is 22.6. The minimum atomic E-state index is -0.298. The van der Waals surface area contributed by atoms with Gasteiger partial charge in [0, 0.05) is 9.13 Å². The summed E-state index contributed by atoms with van der Waals surface area (Å²) in [6.07, 6.45) is 1.71. The largest absolute Gasteiger partial charge is 0.483 e. The number of benzene rings is 4. The van der Waals surface area contributed by atoms with E-state index in [9.17, 15) is 4.79 Å². The number of rotatable bonds is 5. The van der Waals surface area contributed by atoms with Gasteiger partial charge in [-0.1, -0.05) is 48.5 Å². The van der Waals surface area contributed by atoms with Crippen LogP contribution in [0.5, 0.6) is 5.75 Å². The number of carbonyl (C=O) groups excluding carboxylic acids is 1. The van der Waals surface area contributed by atoms with Gasteiger partial charge in [0.05, 0.1) is 6.21 Å². The summed E-state index contributed by atoms with van der Waals surface area (Å²) >= 11 is 2.27. The van der Waals surface area contributed by atoms with Crippen molar-refractivity contribution in [3.63, 3.8) is 0 Å². The minimum Gasteiger partial charge on any atom is -0.483 e. The predicted molar refractivity (Wildman–Crippen MR) is 131 cm³/mol. The molecule has 4 aromatic rings. The highest BCUT2D eigenvalue weighted by Gasteiger charge is 2.09. The standard InChI is InChI=1S/C25H21IN2O2/c1-16-11-20(26)12-17(2)25(16)30-15-24(29)28-27-14-23-21-9-5-3-7-18(21)13-19-8-4-6-10-22(19)23/h3-14H,15H2,1-2H3,(H,28,29)/b27-14-. The van der Waals surface area contributed by atoms with Crippen molar-refractivity contribution >= 4 is 56.3 Å². The van der Waals surface area contributed by atoms with Crippen LogP contribution in [-0.4, -0.2) is 18.7 Å². The Morgan fingerprint density at radius 1 is 0.967 bits per heavy atom. The lowest BCUT2D eigenvalue weighted by atomic mass is 9.97. The molecular formula is C25H21IN2O2. The number of fused-ring (bicyclic) bond motifs is 2. The smallest absolute Gasteiger partial charge is 0.277 e. The molecule has 4 rings (SSSR count). The zero-order valence-electron chi connectivity index (χ0n) is 16.8. The Balaban J connectivity index is 1.52. The maximum absolute atomic E-state index is 12.3. The molecule has 1 N–H and O–H groups in total. The normalized spacial score (nSPS) is 11.3. The van der Waals surface area contributed by atoms with Gasteiger partial charge in [-0.3, -0.25) is 4.79 Å². The van der Waals surface area contributed by atoms with Gasteiger partial charge < -0.3 is 4.74 Å². The van der Waals surface area contributed by atoms with E-state index in [1.54, 1.807) is 6.21 Å². The van der Waals surface area contributed by atoms with Gasteiger partial charge in [-0.05, 0) is 87.3 Å². The van der Waals surface area contributed by atoms with Crippen LogP contribution in [0.2, 0.25) is 0 Å². The molecule has 0 spiro atoms. The van der Waals surface area contributed by atoms with Crippen LogP contribution in [0.15, 0.2) is 71.8 Å². The summed E-state index contributed by atoms with van der Waals surface area (Å²) < 4.78 is 6.88. The average molecular weight is 508 g/mol. The zero-order valence-corrected chi connectivity index (χ0v) is 18.9. The van der Waals surface area contributed by atoms with Crippen LogP contribution in [-0.2, 0) is 4.79 Å². The van der Waals surface area contributed by atoms with Crippen LogP contribution in [0, 0.1) is 17.4 Å². The molecule has 0 saturated heterocycles. The second kappa shape index (κ2) is 8.83. The summed E-state index contributed by atoms with van der Waals surface area (Å²) in [5.74, 6) is 0.447. The molecule has 0 atom stereocenters. The Kier molecular flexibility index (Phi) is 5.99. The van der Waals surface area contributed by atoms with Gasteiger partial charge in [0.15, 0.2) is 6.61 Å². The van der Waals surface area contributed by atoms with E-state index in [1.165, 1.54) is 0 Å². The van der Waals surface area contributed by atoms with Crippen LogP contribution in [0.1, 0.15) is 16.7 Å². The second-order valence-electron chi connectivity index (χ2n) is 7.18. The van der Waals surface area contributed by atoms with Crippen molar-refractivity contribution in [3.8, 4) is 5.75 Å². The number of hydrogen-bond donors (Lipinski definition) is 1. The highest BCUT2D eigenvalue weighted by molar-refractivity contribution is 14.1. The van der Waals surface area contributed by atoms with Crippen molar-refractivity contribution in [1.82, 2.24) is 5.43 Å². The molecule has 0 heterocycles. The van der Waals surface area contributed by atoms with Gasteiger partial charge in [0.25, 0.3) is 5.91 Å².